The van der Waals surface area contributed by atoms with Gasteiger partial charge >= 0.3 is 0 Å². The minimum absolute atomic E-state index is 0.259. The molecule has 0 fully saturated rings. The summed E-state index contributed by atoms with van der Waals surface area (Å²) in [5.74, 6) is 0.259. The molecule has 0 bridgehead atoms. The summed E-state index contributed by atoms with van der Waals surface area (Å²) in [6, 6.07) is 3.32. The van der Waals surface area contributed by atoms with Crippen LogP contribution in [-0.2, 0) is 0 Å². The molecule has 0 heterocycles. The molecular formula is C10H14O2. The lowest BCUT2D eigenvalue weighted by Crippen LogP contribution is -1.98. The molecule has 0 aromatic heterocycles. The largest absolute Gasteiger partial charge is 0.508 e. The van der Waals surface area contributed by atoms with Crippen molar-refractivity contribution < 1.29 is 10.2 Å². The highest BCUT2D eigenvalue weighted by Gasteiger charge is 2.08. The van der Waals surface area contributed by atoms with Crippen LogP contribution in [0, 0.1) is 13.8 Å². The maximum absolute atomic E-state index is 9.39. The fourth-order valence-electron chi connectivity index (χ4n) is 1.61. The highest BCUT2D eigenvalue weighted by atomic mass is 16.3. The second-order valence-electron chi connectivity index (χ2n) is 3.17. The summed E-state index contributed by atoms with van der Waals surface area (Å²) < 4.78 is 0. The van der Waals surface area contributed by atoms with Crippen LogP contribution in [0.3, 0.4) is 0 Å². The lowest BCUT2D eigenvalue weighted by Gasteiger charge is -2.12. The molecule has 0 spiro atoms. The first-order valence-electron chi connectivity index (χ1n) is 4.00. The average molecular weight is 166 g/mol. The Labute approximate surface area is 72.5 Å². The number of aliphatic hydroxyl groups is 1. The van der Waals surface area contributed by atoms with Crippen LogP contribution in [0.25, 0.3) is 0 Å². The highest BCUT2D eigenvalue weighted by molar-refractivity contribution is 5.41. The quantitative estimate of drug-likeness (QED) is 0.670. The molecule has 0 aliphatic heterocycles. The van der Waals surface area contributed by atoms with Crippen molar-refractivity contribution in [3.05, 3.63) is 28.8 Å². The molecule has 2 heteroatoms. The summed E-state index contributed by atoms with van der Waals surface area (Å²) in [5.41, 5.74) is 2.78. The van der Waals surface area contributed by atoms with Gasteiger partial charge in [-0.15, -0.1) is 0 Å². The van der Waals surface area contributed by atoms with E-state index in [2.05, 4.69) is 0 Å². The Balaban J connectivity index is 3.28. The third-order valence-corrected chi connectivity index (χ3v) is 2.00. The minimum Gasteiger partial charge on any atom is -0.508 e. The van der Waals surface area contributed by atoms with Gasteiger partial charge in [-0.3, -0.25) is 0 Å². The van der Waals surface area contributed by atoms with E-state index < -0.39 is 6.10 Å². The third kappa shape index (κ3) is 1.59. The van der Waals surface area contributed by atoms with Crippen LogP contribution in [-0.4, -0.2) is 10.2 Å². The van der Waals surface area contributed by atoms with Gasteiger partial charge in [0.15, 0.2) is 0 Å². The zero-order valence-electron chi connectivity index (χ0n) is 7.63. The van der Waals surface area contributed by atoms with Gasteiger partial charge < -0.3 is 10.2 Å². The van der Waals surface area contributed by atoms with E-state index in [1.165, 1.54) is 0 Å². The van der Waals surface area contributed by atoms with E-state index >= 15 is 0 Å². The van der Waals surface area contributed by atoms with Crippen LogP contribution < -0.4 is 0 Å². The van der Waals surface area contributed by atoms with Crippen molar-refractivity contribution in [2.45, 2.75) is 26.9 Å². The van der Waals surface area contributed by atoms with Crippen LogP contribution in [0.2, 0.25) is 0 Å². The summed E-state index contributed by atoms with van der Waals surface area (Å²) in [4.78, 5) is 0. The molecule has 0 saturated heterocycles. The molecule has 66 valence electrons. The minimum atomic E-state index is -0.467. The van der Waals surface area contributed by atoms with Gasteiger partial charge in [0.05, 0.1) is 6.10 Å². The average Bonchev–Trinajstić information content (AvgIpc) is 1.82. The lowest BCUT2D eigenvalue weighted by atomic mass is 9.98. The number of phenols is 1. The van der Waals surface area contributed by atoms with E-state index in [0.717, 1.165) is 16.7 Å². The molecule has 0 radical (unpaired) electrons. The van der Waals surface area contributed by atoms with E-state index in [9.17, 15) is 10.2 Å². The van der Waals surface area contributed by atoms with Crippen LogP contribution >= 0.6 is 0 Å². The molecule has 1 aromatic carbocycles. The maximum Gasteiger partial charge on any atom is 0.116 e. The molecule has 0 aliphatic rings. The van der Waals surface area contributed by atoms with Crippen LogP contribution in [0.15, 0.2) is 12.1 Å². The Hall–Kier alpha value is -1.02. The zero-order chi connectivity index (χ0) is 9.30. The second-order valence-corrected chi connectivity index (χ2v) is 3.17. The van der Waals surface area contributed by atoms with Gasteiger partial charge in [-0.1, -0.05) is 0 Å². The van der Waals surface area contributed by atoms with E-state index in [-0.39, 0.29) is 5.75 Å². The van der Waals surface area contributed by atoms with Crippen molar-refractivity contribution in [1.82, 2.24) is 0 Å². The lowest BCUT2D eigenvalue weighted by molar-refractivity contribution is 0.197. The molecule has 0 saturated carbocycles. The standard InChI is InChI=1S/C10H14O2/c1-6-4-9(12)5-7(2)10(6)8(3)11/h4-5,8,11-12H,1-3H3/t8-/m1/s1. The molecule has 1 atom stereocenters. The first-order valence-corrected chi connectivity index (χ1v) is 4.00. The van der Waals surface area contributed by atoms with Gasteiger partial charge in [-0.25, -0.2) is 0 Å². The highest BCUT2D eigenvalue weighted by Crippen LogP contribution is 2.25. The van der Waals surface area contributed by atoms with Gasteiger partial charge in [0.1, 0.15) is 5.75 Å². The predicted octanol–water partition coefficient (Wildman–Crippen LogP) is 2.06. The summed E-state index contributed by atoms with van der Waals surface area (Å²) in [6.45, 7) is 5.50. The Morgan fingerprint density at radius 3 is 1.92 bits per heavy atom. The molecule has 12 heavy (non-hydrogen) atoms. The number of rotatable bonds is 1. The molecular weight excluding hydrogens is 152 g/mol. The smallest absolute Gasteiger partial charge is 0.116 e. The Morgan fingerprint density at radius 1 is 1.17 bits per heavy atom. The number of aryl methyl sites for hydroxylation is 2. The van der Waals surface area contributed by atoms with Crippen molar-refractivity contribution in [3.63, 3.8) is 0 Å². The maximum atomic E-state index is 9.39. The topological polar surface area (TPSA) is 40.5 Å². The second kappa shape index (κ2) is 3.15. The normalized spacial score (nSPS) is 13.0. The number of benzene rings is 1. The van der Waals surface area contributed by atoms with Crippen molar-refractivity contribution in [2.75, 3.05) is 0 Å². The van der Waals surface area contributed by atoms with Gasteiger partial charge in [-0.2, -0.15) is 0 Å². The first-order chi connectivity index (χ1) is 5.52. The number of aromatic hydroxyl groups is 1. The summed E-state index contributed by atoms with van der Waals surface area (Å²) in [6.07, 6.45) is -0.467. The predicted molar refractivity (Wildman–Crippen MR) is 48.2 cm³/mol. The number of hydrogen-bond acceptors (Lipinski definition) is 2. The van der Waals surface area contributed by atoms with E-state index in [4.69, 9.17) is 0 Å². The first kappa shape index (κ1) is 9.07. The Bertz CT molecular complexity index is 267. The van der Waals surface area contributed by atoms with E-state index in [1.54, 1.807) is 19.1 Å². The van der Waals surface area contributed by atoms with Gasteiger partial charge in [0.2, 0.25) is 0 Å². The molecule has 1 aromatic rings. The van der Waals surface area contributed by atoms with Gasteiger partial charge in [0.25, 0.3) is 0 Å². The van der Waals surface area contributed by atoms with Crippen LogP contribution in [0.4, 0.5) is 0 Å². The van der Waals surface area contributed by atoms with Crippen LogP contribution in [0.5, 0.6) is 5.75 Å². The van der Waals surface area contributed by atoms with Gasteiger partial charge in [-0.05, 0) is 49.6 Å². The number of aliphatic hydroxyl groups excluding tert-OH is 1. The Kier molecular flexibility index (Phi) is 2.38. The van der Waals surface area contributed by atoms with Crippen molar-refractivity contribution in [1.29, 1.82) is 0 Å². The Morgan fingerprint density at radius 2 is 1.58 bits per heavy atom. The van der Waals surface area contributed by atoms with Crippen molar-refractivity contribution >= 4 is 0 Å². The van der Waals surface area contributed by atoms with Crippen molar-refractivity contribution in [3.8, 4) is 5.75 Å². The fourth-order valence-corrected chi connectivity index (χ4v) is 1.61. The molecule has 1 rings (SSSR count). The monoisotopic (exact) mass is 166 g/mol. The number of phenolic OH excluding ortho intramolecular Hbond substituents is 1. The van der Waals surface area contributed by atoms with Crippen molar-refractivity contribution in [2.24, 2.45) is 0 Å². The number of hydrogen-bond donors (Lipinski definition) is 2. The zero-order valence-corrected chi connectivity index (χ0v) is 7.63. The molecule has 2 nitrogen and oxygen atoms in total. The molecule has 2 N–H and O–H groups in total. The third-order valence-electron chi connectivity index (χ3n) is 2.00. The van der Waals surface area contributed by atoms with Gasteiger partial charge in [0, 0.05) is 0 Å². The van der Waals surface area contributed by atoms with E-state index in [1.807, 2.05) is 13.8 Å². The summed E-state index contributed by atoms with van der Waals surface area (Å²) >= 11 is 0. The molecule has 0 unspecified atom stereocenters. The van der Waals surface area contributed by atoms with E-state index in [0.29, 0.717) is 0 Å². The fraction of sp³-hybridized carbons (Fsp3) is 0.400. The molecule has 0 aliphatic carbocycles. The summed E-state index contributed by atoms with van der Waals surface area (Å²) in [7, 11) is 0. The molecule has 0 amide bonds. The SMILES string of the molecule is Cc1cc(O)cc(C)c1[C@@H](C)O. The van der Waals surface area contributed by atoms with Crippen LogP contribution in [0.1, 0.15) is 29.7 Å². The summed E-state index contributed by atoms with van der Waals surface area (Å²) in [5, 5.41) is 18.6.